The number of nitrogens with one attached hydrogen (secondary N) is 1. The molecule has 2 aromatic rings. The normalized spacial score (nSPS) is 14.4. The van der Waals surface area contributed by atoms with Crippen LogP contribution in [0, 0.1) is 0 Å². The van der Waals surface area contributed by atoms with Crippen LogP contribution in [0.5, 0.6) is 0 Å². The monoisotopic (exact) mass is 259 g/mol. The van der Waals surface area contributed by atoms with Gasteiger partial charge in [0.1, 0.15) is 0 Å². The summed E-state index contributed by atoms with van der Waals surface area (Å²) < 4.78 is 0. The van der Waals surface area contributed by atoms with Crippen LogP contribution in [-0.4, -0.2) is 7.05 Å². The molecule has 1 heterocycles. The van der Waals surface area contributed by atoms with Crippen molar-refractivity contribution in [1.82, 2.24) is 5.32 Å². The topological polar surface area (TPSA) is 12.0 Å². The van der Waals surface area contributed by atoms with Crippen LogP contribution in [0.1, 0.15) is 48.2 Å². The third-order valence-electron chi connectivity index (χ3n) is 3.57. The lowest BCUT2D eigenvalue weighted by molar-refractivity contribution is 0.699. The van der Waals surface area contributed by atoms with Gasteiger partial charge in [-0.15, -0.1) is 11.3 Å². The number of hydrogen-bond donors (Lipinski definition) is 1. The molecule has 1 aromatic carbocycles. The maximum atomic E-state index is 3.39. The van der Waals surface area contributed by atoms with Gasteiger partial charge >= 0.3 is 0 Å². The van der Waals surface area contributed by atoms with E-state index in [0.717, 1.165) is 0 Å². The zero-order chi connectivity index (χ0) is 13.0. The summed E-state index contributed by atoms with van der Waals surface area (Å²) >= 11 is 1.80. The molecule has 0 aliphatic carbocycles. The van der Waals surface area contributed by atoms with Crippen LogP contribution in [0.15, 0.2) is 41.8 Å². The van der Waals surface area contributed by atoms with Crippen molar-refractivity contribution < 1.29 is 0 Å². The number of rotatable bonds is 5. The van der Waals surface area contributed by atoms with E-state index in [1.807, 2.05) is 7.05 Å². The molecule has 18 heavy (non-hydrogen) atoms. The summed E-state index contributed by atoms with van der Waals surface area (Å²) in [6.07, 6.45) is 1.19. The van der Waals surface area contributed by atoms with E-state index in [-0.39, 0.29) is 0 Å². The van der Waals surface area contributed by atoms with Gasteiger partial charge in [0.25, 0.3) is 0 Å². The Morgan fingerprint density at radius 1 is 1.11 bits per heavy atom. The van der Waals surface area contributed by atoms with Crippen molar-refractivity contribution in [2.24, 2.45) is 0 Å². The molecule has 0 aliphatic heterocycles. The van der Waals surface area contributed by atoms with Crippen LogP contribution in [0.25, 0.3) is 0 Å². The van der Waals surface area contributed by atoms with Crippen molar-refractivity contribution in [2.75, 3.05) is 7.05 Å². The highest BCUT2D eigenvalue weighted by Crippen LogP contribution is 2.27. The first kappa shape index (κ1) is 13.3. The predicted octanol–water partition coefficient (Wildman–Crippen LogP) is 4.57. The molecule has 0 bridgehead atoms. The molecule has 1 nitrogen and oxygen atoms in total. The molecular formula is C16H21NS. The Labute approximate surface area is 114 Å². The number of benzene rings is 1. The number of hydrogen-bond acceptors (Lipinski definition) is 2. The molecule has 0 aliphatic rings. The zero-order valence-corrected chi connectivity index (χ0v) is 12.1. The Balaban J connectivity index is 2.22. The van der Waals surface area contributed by atoms with Gasteiger partial charge < -0.3 is 5.32 Å². The summed E-state index contributed by atoms with van der Waals surface area (Å²) in [4.78, 5) is 1.37. The molecular weight excluding hydrogens is 238 g/mol. The Bertz CT molecular complexity index is 458. The van der Waals surface area contributed by atoms with E-state index in [9.17, 15) is 0 Å². The van der Waals surface area contributed by atoms with E-state index in [1.54, 1.807) is 11.3 Å². The minimum absolute atomic E-state index is 0.316. The van der Waals surface area contributed by atoms with Crippen molar-refractivity contribution in [3.8, 4) is 0 Å². The summed E-state index contributed by atoms with van der Waals surface area (Å²) in [6.45, 7) is 4.52. The summed E-state index contributed by atoms with van der Waals surface area (Å²) in [5.41, 5.74) is 2.77. The Kier molecular flexibility index (Phi) is 4.56. The van der Waals surface area contributed by atoms with Gasteiger partial charge in [0.15, 0.2) is 0 Å². The fourth-order valence-corrected chi connectivity index (χ4v) is 3.04. The Hall–Kier alpha value is -1.12. The highest BCUT2D eigenvalue weighted by molar-refractivity contribution is 7.10. The van der Waals surface area contributed by atoms with Crippen molar-refractivity contribution >= 4 is 11.3 Å². The molecule has 0 spiro atoms. The molecule has 0 saturated heterocycles. The Morgan fingerprint density at radius 3 is 2.28 bits per heavy atom. The van der Waals surface area contributed by atoms with Gasteiger partial charge in [0.2, 0.25) is 0 Å². The van der Waals surface area contributed by atoms with Gasteiger partial charge in [-0.1, -0.05) is 44.2 Å². The summed E-state index contributed by atoms with van der Waals surface area (Å²) in [6, 6.07) is 13.6. The third kappa shape index (κ3) is 2.82. The van der Waals surface area contributed by atoms with E-state index in [0.29, 0.717) is 12.0 Å². The summed E-state index contributed by atoms with van der Waals surface area (Å²) in [5, 5.41) is 5.53. The molecule has 2 rings (SSSR count). The van der Waals surface area contributed by atoms with Crippen molar-refractivity contribution in [1.29, 1.82) is 0 Å². The molecule has 2 heteroatoms. The first-order valence-corrected chi connectivity index (χ1v) is 7.44. The molecule has 0 amide bonds. The second-order valence-corrected chi connectivity index (χ2v) is 5.69. The van der Waals surface area contributed by atoms with E-state index in [1.165, 1.54) is 22.4 Å². The largest absolute Gasteiger partial charge is 0.309 e. The van der Waals surface area contributed by atoms with Gasteiger partial charge in [-0.2, -0.15) is 0 Å². The highest BCUT2D eigenvalue weighted by atomic mass is 32.1. The van der Waals surface area contributed by atoms with Gasteiger partial charge in [0, 0.05) is 4.88 Å². The van der Waals surface area contributed by atoms with E-state index < -0.39 is 0 Å². The Morgan fingerprint density at radius 2 is 1.78 bits per heavy atom. The minimum Gasteiger partial charge on any atom is -0.309 e. The lowest BCUT2D eigenvalue weighted by Gasteiger charge is -2.16. The molecule has 1 aromatic heterocycles. The van der Waals surface area contributed by atoms with Crippen LogP contribution in [0.4, 0.5) is 0 Å². The van der Waals surface area contributed by atoms with Crippen LogP contribution in [0.2, 0.25) is 0 Å². The third-order valence-corrected chi connectivity index (χ3v) is 4.50. The van der Waals surface area contributed by atoms with Crippen LogP contribution < -0.4 is 5.32 Å². The molecule has 2 atom stereocenters. The quantitative estimate of drug-likeness (QED) is 0.829. The first-order chi connectivity index (χ1) is 8.76. The molecule has 96 valence electrons. The van der Waals surface area contributed by atoms with E-state index in [2.05, 4.69) is 60.9 Å². The smallest absolute Gasteiger partial charge is 0.0668 e. The highest BCUT2D eigenvalue weighted by Gasteiger charge is 2.13. The van der Waals surface area contributed by atoms with Crippen LogP contribution in [0.3, 0.4) is 0 Å². The maximum Gasteiger partial charge on any atom is 0.0668 e. The van der Waals surface area contributed by atoms with Crippen LogP contribution in [-0.2, 0) is 0 Å². The van der Waals surface area contributed by atoms with Crippen LogP contribution >= 0.6 is 11.3 Å². The predicted molar refractivity (Wildman–Crippen MR) is 80.4 cm³/mol. The van der Waals surface area contributed by atoms with E-state index in [4.69, 9.17) is 0 Å². The SMILES string of the molecule is CCC(C)c1ccc(C(NC)c2cccs2)cc1. The fraction of sp³-hybridized carbons (Fsp3) is 0.375. The van der Waals surface area contributed by atoms with Crippen molar-refractivity contribution in [3.05, 3.63) is 57.8 Å². The van der Waals surface area contributed by atoms with Crippen molar-refractivity contribution in [2.45, 2.75) is 32.2 Å². The summed E-state index contributed by atoms with van der Waals surface area (Å²) in [7, 11) is 2.02. The van der Waals surface area contributed by atoms with Gasteiger partial charge in [-0.3, -0.25) is 0 Å². The number of thiophene rings is 1. The van der Waals surface area contributed by atoms with Crippen molar-refractivity contribution in [3.63, 3.8) is 0 Å². The minimum atomic E-state index is 0.316. The molecule has 0 saturated carbocycles. The lowest BCUT2D eigenvalue weighted by atomic mass is 9.96. The standard InChI is InChI=1S/C16H21NS/c1-4-12(2)13-7-9-14(10-8-13)16(17-3)15-6-5-11-18-15/h5-12,16-17H,4H2,1-3H3. The van der Waals surface area contributed by atoms with Gasteiger partial charge in [-0.25, -0.2) is 0 Å². The van der Waals surface area contributed by atoms with Gasteiger partial charge in [-0.05, 0) is 42.0 Å². The molecule has 0 radical (unpaired) electrons. The molecule has 2 unspecified atom stereocenters. The molecule has 0 fully saturated rings. The average Bonchev–Trinajstić information content (AvgIpc) is 2.93. The average molecular weight is 259 g/mol. The second kappa shape index (κ2) is 6.17. The fourth-order valence-electron chi connectivity index (χ4n) is 2.18. The zero-order valence-electron chi connectivity index (χ0n) is 11.3. The maximum absolute atomic E-state index is 3.39. The lowest BCUT2D eigenvalue weighted by Crippen LogP contribution is -2.16. The summed E-state index contributed by atoms with van der Waals surface area (Å²) in [5.74, 6) is 0.647. The molecule has 1 N–H and O–H groups in total. The van der Waals surface area contributed by atoms with E-state index >= 15 is 0 Å². The van der Waals surface area contributed by atoms with Gasteiger partial charge in [0.05, 0.1) is 6.04 Å². The second-order valence-electron chi connectivity index (χ2n) is 4.71. The first-order valence-electron chi connectivity index (χ1n) is 6.56.